The molecule has 2 aromatic rings. The molecule has 1 aliphatic heterocycles. The van der Waals surface area contributed by atoms with Gasteiger partial charge in [-0.2, -0.15) is 0 Å². The van der Waals surface area contributed by atoms with Crippen LogP contribution in [0.4, 0.5) is 4.39 Å². The van der Waals surface area contributed by atoms with Crippen molar-refractivity contribution in [1.82, 2.24) is 0 Å². The lowest BCUT2D eigenvalue weighted by Gasteiger charge is -2.24. The van der Waals surface area contributed by atoms with Gasteiger partial charge in [0.05, 0.1) is 6.21 Å². The summed E-state index contributed by atoms with van der Waals surface area (Å²) in [6.07, 6.45) is 8.24. The molecule has 5 heteroatoms. The van der Waals surface area contributed by atoms with Crippen molar-refractivity contribution < 1.29 is 14.0 Å². The molecule has 25 heavy (non-hydrogen) atoms. The molecule has 1 atom stereocenters. The van der Waals surface area contributed by atoms with Crippen molar-refractivity contribution in [1.29, 1.82) is 0 Å². The zero-order chi connectivity index (χ0) is 17.0. The van der Waals surface area contributed by atoms with Crippen LogP contribution in [0, 0.1) is 0 Å². The minimum absolute atomic E-state index is 0.352. The van der Waals surface area contributed by atoms with E-state index in [0.29, 0.717) is 17.3 Å². The molecular weight excluding hydrogens is 337 g/mol. The minimum Gasteiger partial charge on any atom is -0.370 e. The van der Waals surface area contributed by atoms with Crippen molar-refractivity contribution in [2.24, 2.45) is 5.16 Å². The quantitative estimate of drug-likeness (QED) is 0.797. The summed E-state index contributed by atoms with van der Waals surface area (Å²) < 4.78 is 12.8. The van der Waals surface area contributed by atoms with Crippen LogP contribution >= 0.6 is 11.8 Å². The highest BCUT2D eigenvalue weighted by molar-refractivity contribution is 8.13. The van der Waals surface area contributed by atoms with Gasteiger partial charge in [0.1, 0.15) is 6.01 Å². The fraction of sp³-hybridized carbons (Fsp3) is 0.300. The highest BCUT2D eigenvalue weighted by Gasteiger charge is 2.53. The molecule has 5 rings (SSSR count). The van der Waals surface area contributed by atoms with Crippen LogP contribution in [0.15, 0.2) is 35.0 Å². The van der Waals surface area contributed by atoms with Crippen LogP contribution in [0.1, 0.15) is 35.1 Å². The fourth-order valence-corrected chi connectivity index (χ4v) is 4.93. The molecule has 0 amide bonds. The van der Waals surface area contributed by atoms with Crippen LogP contribution in [0.2, 0.25) is 0 Å². The molecule has 1 heterocycles. The van der Waals surface area contributed by atoms with Crippen molar-refractivity contribution in [2.45, 2.75) is 31.3 Å². The van der Waals surface area contributed by atoms with Gasteiger partial charge in [-0.3, -0.25) is 4.79 Å². The molecule has 126 valence electrons. The van der Waals surface area contributed by atoms with Gasteiger partial charge in [-0.25, -0.2) is 4.39 Å². The molecule has 3 nitrogen and oxygen atoms in total. The van der Waals surface area contributed by atoms with Gasteiger partial charge in [0, 0.05) is 11.1 Å². The number of thioether (sulfide) groups is 1. The normalized spacial score (nSPS) is 23.0. The Morgan fingerprint density at radius 3 is 2.92 bits per heavy atom. The summed E-state index contributed by atoms with van der Waals surface area (Å²) in [6.45, 7) is 0. The maximum absolute atomic E-state index is 12.8. The molecule has 0 bridgehead atoms. The summed E-state index contributed by atoms with van der Waals surface area (Å²) in [5.74, 6) is 0. The zero-order valence-corrected chi connectivity index (χ0v) is 14.4. The van der Waals surface area contributed by atoms with Crippen molar-refractivity contribution >= 4 is 39.9 Å². The number of rotatable bonds is 2. The maximum atomic E-state index is 12.8. The first kappa shape index (κ1) is 15.1. The molecule has 0 radical (unpaired) electrons. The largest absolute Gasteiger partial charge is 0.370 e. The molecule has 0 saturated carbocycles. The average Bonchev–Trinajstić information content (AvgIpc) is 3.19. The first-order valence-electron chi connectivity index (χ1n) is 8.50. The molecule has 0 fully saturated rings. The van der Waals surface area contributed by atoms with Crippen molar-refractivity contribution in [3.63, 3.8) is 0 Å². The maximum Gasteiger partial charge on any atom is 0.257 e. The SMILES string of the molecule is O=C(SCF)C12ON=CC1=Cc1c2ccc2c3c(ccc12)CCCC3. The second kappa shape index (κ2) is 5.43. The number of hydrogen-bond donors (Lipinski definition) is 0. The molecule has 1 unspecified atom stereocenters. The Kier molecular flexibility index (Phi) is 3.29. The molecule has 0 aromatic heterocycles. The van der Waals surface area contributed by atoms with Crippen LogP contribution in [-0.4, -0.2) is 17.3 Å². The van der Waals surface area contributed by atoms with Gasteiger partial charge in [0.2, 0.25) is 5.12 Å². The molecule has 0 N–H and O–H groups in total. The van der Waals surface area contributed by atoms with Crippen molar-refractivity contribution in [3.8, 4) is 0 Å². The molecule has 0 saturated heterocycles. The molecule has 0 spiro atoms. The predicted octanol–water partition coefficient (Wildman–Crippen LogP) is 4.51. The van der Waals surface area contributed by atoms with E-state index in [0.717, 1.165) is 29.4 Å². The molecular formula is C20H16FNO2S. The third-order valence-corrected chi connectivity index (χ3v) is 6.17. The van der Waals surface area contributed by atoms with E-state index in [1.165, 1.54) is 29.4 Å². The number of oxime groups is 1. The summed E-state index contributed by atoms with van der Waals surface area (Å²) in [6, 6.07) is 7.64. The fourth-order valence-electron chi connectivity index (χ4n) is 4.37. The molecule has 3 aliphatic rings. The first-order chi connectivity index (χ1) is 12.3. The molecule has 2 aliphatic carbocycles. The van der Waals surface area contributed by atoms with Gasteiger partial charge in [0.15, 0.2) is 0 Å². The van der Waals surface area contributed by atoms with Gasteiger partial charge in [0.25, 0.3) is 5.60 Å². The topological polar surface area (TPSA) is 38.7 Å². The van der Waals surface area contributed by atoms with E-state index < -0.39 is 11.6 Å². The number of benzene rings is 2. The smallest absolute Gasteiger partial charge is 0.257 e. The van der Waals surface area contributed by atoms with E-state index >= 15 is 0 Å². The van der Waals surface area contributed by atoms with Crippen LogP contribution in [-0.2, 0) is 28.1 Å². The monoisotopic (exact) mass is 353 g/mol. The Morgan fingerprint density at radius 1 is 1.20 bits per heavy atom. The summed E-state index contributed by atoms with van der Waals surface area (Å²) in [4.78, 5) is 18.2. The lowest BCUT2D eigenvalue weighted by Crippen LogP contribution is -2.33. The highest BCUT2D eigenvalue weighted by atomic mass is 32.2. The standard InChI is InChI=1S/C20H16FNO2S/c21-11-25-19(23)20-13(10-22-24-20)9-17-16-6-5-12-3-1-2-4-14(12)15(16)7-8-18(17)20/h5-10H,1-4,11H2. The Labute approximate surface area is 148 Å². The summed E-state index contributed by atoms with van der Waals surface area (Å²) in [5.41, 5.74) is 4.04. The van der Waals surface area contributed by atoms with Gasteiger partial charge >= 0.3 is 0 Å². The Bertz CT molecular complexity index is 981. The zero-order valence-electron chi connectivity index (χ0n) is 13.5. The number of carbonyl (C=O) groups is 1. The number of carbonyl (C=O) groups excluding carboxylic acids is 1. The number of fused-ring (bicyclic) bond motifs is 7. The second-order valence-electron chi connectivity index (χ2n) is 6.68. The number of alkyl halides is 1. The Balaban J connectivity index is 1.76. The number of halogens is 1. The van der Waals surface area contributed by atoms with Crippen molar-refractivity contribution in [3.05, 3.63) is 52.1 Å². The van der Waals surface area contributed by atoms with Gasteiger partial charge in [-0.05, 0) is 71.0 Å². The number of hydrogen-bond acceptors (Lipinski definition) is 4. The van der Waals surface area contributed by atoms with E-state index in [1.807, 2.05) is 12.1 Å². The Hall–Kier alpha value is -2.14. The van der Waals surface area contributed by atoms with E-state index in [1.54, 1.807) is 6.21 Å². The number of nitrogens with zero attached hydrogens (tertiary/aromatic N) is 1. The highest BCUT2D eigenvalue weighted by Crippen LogP contribution is 2.50. The third-order valence-electron chi connectivity index (χ3n) is 5.51. The lowest BCUT2D eigenvalue weighted by molar-refractivity contribution is -0.128. The van der Waals surface area contributed by atoms with E-state index in [9.17, 15) is 9.18 Å². The second-order valence-corrected chi connectivity index (χ2v) is 7.56. The molecule has 2 aromatic carbocycles. The number of aryl methyl sites for hydroxylation is 2. The lowest BCUT2D eigenvalue weighted by atomic mass is 9.85. The van der Waals surface area contributed by atoms with Crippen LogP contribution < -0.4 is 0 Å². The van der Waals surface area contributed by atoms with Crippen LogP contribution in [0.5, 0.6) is 0 Å². The summed E-state index contributed by atoms with van der Waals surface area (Å²) in [7, 11) is 0. The Morgan fingerprint density at radius 2 is 2.04 bits per heavy atom. The van der Waals surface area contributed by atoms with Gasteiger partial charge in [-0.15, -0.1) is 0 Å². The predicted molar refractivity (Wildman–Crippen MR) is 98.4 cm³/mol. The summed E-state index contributed by atoms with van der Waals surface area (Å²) >= 11 is 0.636. The van der Waals surface area contributed by atoms with Crippen LogP contribution in [0.3, 0.4) is 0 Å². The van der Waals surface area contributed by atoms with E-state index in [-0.39, 0.29) is 5.12 Å². The van der Waals surface area contributed by atoms with Crippen LogP contribution in [0.25, 0.3) is 16.8 Å². The van der Waals surface area contributed by atoms with E-state index in [2.05, 4.69) is 23.4 Å². The third kappa shape index (κ3) is 1.93. The van der Waals surface area contributed by atoms with E-state index in [4.69, 9.17) is 4.84 Å². The average molecular weight is 353 g/mol. The van der Waals surface area contributed by atoms with Gasteiger partial charge in [-0.1, -0.05) is 29.4 Å². The summed E-state index contributed by atoms with van der Waals surface area (Å²) in [5, 5.41) is 5.88. The van der Waals surface area contributed by atoms with Gasteiger partial charge < -0.3 is 4.84 Å². The first-order valence-corrected chi connectivity index (χ1v) is 9.49. The van der Waals surface area contributed by atoms with Crippen molar-refractivity contribution in [2.75, 3.05) is 6.01 Å². The minimum atomic E-state index is -1.28.